The molecule has 0 aliphatic heterocycles. The predicted molar refractivity (Wildman–Crippen MR) is 73.2 cm³/mol. The van der Waals surface area contributed by atoms with Crippen molar-refractivity contribution < 1.29 is 4.79 Å². The average Bonchev–Trinajstić information content (AvgIpc) is 3.10. The van der Waals surface area contributed by atoms with E-state index in [-0.39, 0.29) is 11.6 Å². The zero-order valence-corrected chi connectivity index (χ0v) is 10.8. The van der Waals surface area contributed by atoms with Gasteiger partial charge in [0.15, 0.2) is 0 Å². The average molecular weight is 247 g/mol. The number of nitrogens with one attached hydrogen (secondary N) is 2. The summed E-state index contributed by atoms with van der Waals surface area (Å²) in [5, 5.41) is 5.95. The third-order valence-electron chi connectivity index (χ3n) is 3.36. The number of urea groups is 1. The Bertz CT molecular complexity index is 427. The molecule has 1 aromatic rings. The number of nitrogen functional groups attached to an aromatic ring is 1. The van der Waals surface area contributed by atoms with Crippen LogP contribution in [0.2, 0.25) is 0 Å². The maximum atomic E-state index is 11.8. The molecule has 0 unspecified atom stereocenters. The van der Waals surface area contributed by atoms with E-state index < -0.39 is 0 Å². The molecule has 0 saturated heterocycles. The maximum absolute atomic E-state index is 11.8. The molecule has 2 amide bonds. The number of anilines is 1. The molecule has 1 fully saturated rings. The molecule has 0 spiro atoms. The summed E-state index contributed by atoms with van der Waals surface area (Å²) < 4.78 is 0. The van der Waals surface area contributed by atoms with Crippen molar-refractivity contribution in [2.75, 3.05) is 12.3 Å². The Kier molecular flexibility index (Phi) is 3.75. The number of amides is 2. The van der Waals surface area contributed by atoms with Gasteiger partial charge in [0.2, 0.25) is 0 Å². The summed E-state index contributed by atoms with van der Waals surface area (Å²) in [4.78, 5) is 11.8. The standard InChI is InChI=1S/C14H21N3O/c1-2-3-9-16-13(18)17-14(7-8-14)11-5-4-6-12(15)10-11/h4-6,10H,2-3,7-9,15H2,1H3,(H2,16,17,18). The zero-order valence-electron chi connectivity index (χ0n) is 10.8. The Hall–Kier alpha value is -1.71. The number of unbranched alkanes of at least 4 members (excludes halogenated alkanes) is 1. The summed E-state index contributed by atoms with van der Waals surface area (Å²) in [7, 11) is 0. The van der Waals surface area contributed by atoms with Gasteiger partial charge in [0.1, 0.15) is 0 Å². The highest BCUT2D eigenvalue weighted by Gasteiger charge is 2.45. The van der Waals surface area contributed by atoms with Gasteiger partial charge in [-0.1, -0.05) is 25.5 Å². The topological polar surface area (TPSA) is 67.2 Å². The first-order valence-electron chi connectivity index (χ1n) is 6.58. The van der Waals surface area contributed by atoms with Crippen molar-refractivity contribution in [2.45, 2.75) is 38.1 Å². The van der Waals surface area contributed by atoms with Crippen molar-refractivity contribution in [3.05, 3.63) is 29.8 Å². The van der Waals surface area contributed by atoms with Gasteiger partial charge in [0.25, 0.3) is 0 Å². The SMILES string of the molecule is CCCCNC(=O)NC1(c2cccc(N)c2)CC1. The summed E-state index contributed by atoms with van der Waals surface area (Å²) in [6, 6.07) is 7.68. The maximum Gasteiger partial charge on any atom is 0.315 e. The van der Waals surface area contributed by atoms with Crippen molar-refractivity contribution >= 4 is 11.7 Å². The molecule has 4 heteroatoms. The monoisotopic (exact) mass is 247 g/mol. The molecule has 98 valence electrons. The Morgan fingerprint density at radius 2 is 2.22 bits per heavy atom. The van der Waals surface area contributed by atoms with E-state index in [0.29, 0.717) is 0 Å². The molecule has 1 aromatic carbocycles. The lowest BCUT2D eigenvalue weighted by Gasteiger charge is -2.18. The summed E-state index contributed by atoms with van der Waals surface area (Å²) in [5.41, 5.74) is 7.44. The summed E-state index contributed by atoms with van der Waals surface area (Å²) in [5.74, 6) is 0. The first kappa shape index (κ1) is 12.7. The molecule has 0 heterocycles. The Morgan fingerprint density at radius 3 is 2.83 bits per heavy atom. The third kappa shape index (κ3) is 2.94. The van der Waals surface area contributed by atoms with Gasteiger partial charge in [-0.05, 0) is 37.0 Å². The van der Waals surface area contributed by atoms with E-state index in [9.17, 15) is 4.79 Å². The normalized spacial score (nSPS) is 16.1. The lowest BCUT2D eigenvalue weighted by molar-refractivity contribution is 0.235. The fourth-order valence-electron chi connectivity index (χ4n) is 2.09. The predicted octanol–water partition coefficient (Wildman–Crippen LogP) is 2.36. The molecular formula is C14H21N3O. The van der Waals surface area contributed by atoms with E-state index in [4.69, 9.17) is 5.73 Å². The fourth-order valence-corrected chi connectivity index (χ4v) is 2.09. The zero-order chi connectivity index (χ0) is 13.0. The van der Waals surface area contributed by atoms with Gasteiger partial charge in [-0.15, -0.1) is 0 Å². The van der Waals surface area contributed by atoms with Gasteiger partial charge in [-0.3, -0.25) is 0 Å². The summed E-state index contributed by atoms with van der Waals surface area (Å²) in [6.45, 7) is 2.84. The molecule has 1 saturated carbocycles. The van der Waals surface area contributed by atoms with E-state index in [1.165, 1.54) is 0 Å². The molecule has 1 aliphatic rings. The van der Waals surface area contributed by atoms with E-state index in [0.717, 1.165) is 43.5 Å². The van der Waals surface area contributed by atoms with Crippen LogP contribution >= 0.6 is 0 Å². The first-order valence-corrected chi connectivity index (χ1v) is 6.58. The highest BCUT2D eigenvalue weighted by Crippen LogP contribution is 2.45. The van der Waals surface area contributed by atoms with Crippen molar-refractivity contribution in [1.82, 2.24) is 10.6 Å². The van der Waals surface area contributed by atoms with Crippen molar-refractivity contribution in [1.29, 1.82) is 0 Å². The van der Waals surface area contributed by atoms with Crippen LogP contribution < -0.4 is 16.4 Å². The number of carbonyl (C=O) groups excluding carboxylic acids is 1. The van der Waals surface area contributed by atoms with Crippen LogP contribution in [0.4, 0.5) is 10.5 Å². The van der Waals surface area contributed by atoms with Crippen LogP contribution in [-0.4, -0.2) is 12.6 Å². The fraction of sp³-hybridized carbons (Fsp3) is 0.500. The van der Waals surface area contributed by atoms with Crippen LogP contribution in [-0.2, 0) is 5.54 Å². The van der Waals surface area contributed by atoms with E-state index >= 15 is 0 Å². The van der Waals surface area contributed by atoms with Crippen LogP contribution in [0.1, 0.15) is 38.2 Å². The van der Waals surface area contributed by atoms with Gasteiger partial charge in [0.05, 0.1) is 5.54 Å². The summed E-state index contributed by atoms with van der Waals surface area (Å²) >= 11 is 0. The second-order valence-electron chi connectivity index (χ2n) is 4.94. The quantitative estimate of drug-likeness (QED) is 0.552. The molecular weight excluding hydrogens is 226 g/mol. The number of hydrogen-bond donors (Lipinski definition) is 3. The Morgan fingerprint density at radius 1 is 1.44 bits per heavy atom. The Labute approximate surface area is 108 Å². The number of hydrogen-bond acceptors (Lipinski definition) is 2. The van der Waals surface area contributed by atoms with Crippen molar-refractivity contribution in [3.63, 3.8) is 0 Å². The number of benzene rings is 1. The number of carbonyl (C=O) groups is 1. The van der Waals surface area contributed by atoms with Crippen LogP contribution in [0.15, 0.2) is 24.3 Å². The highest BCUT2D eigenvalue weighted by atomic mass is 16.2. The van der Waals surface area contributed by atoms with Crippen LogP contribution in [0.5, 0.6) is 0 Å². The molecule has 0 radical (unpaired) electrons. The van der Waals surface area contributed by atoms with Crippen LogP contribution in [0, 0.1) is 0 Å². The third-order valence-corrected chi connectivity index (χ3v) is 3.36. The van der Waals surface area contributed by atoms with E-state index in [1.807, 2.05) is 24.3 Å². The largest absolute Gasteiger partial charge is 0.399 e. The minimum Gasteiger partial charge on any atom is -0.399 e. The van der Waals surface area contributed by atoms with Crippen LogP contribution in [0.3, 0.4) is 0 Å². The van der Waals surface area contributed by atoms with Gasteiger partial charge < -0.3 is 16.4 Å². The smallest absolute Gasteiger partial charge is 0.315 e. The van der Waals surface area contributed by atoms with Crippen molar-refractivity contribution in [2.24, 2.45) is 0 Å². The second kappa shape index (κ2) is 5.29. The van der Waals surface area contributed by atoms with E-state index in [1.54, 1.807) is 0 Å². The minimum atomic E-state index is -0.189. The molecule has 4 N–H and O–H groups in total. The van der Waals surface area contributed by atoms with E-state index in [2.05, 4.69) is 17.6 Å². The molecule has 2 rings (SSSR count). The molecule has 0 aromatic heterocycles. The second-order valence-corrected chi connectivity index (χ2v) is 4.94. The molecule has 0 bridgehead atoms. The Balaban J connectivity index is 1.94. The van der Waals surface area contributed by atoms with Gasteiger partial charge in [0, 0.05) is 12.2 Å². The number of nitrogens with two attached hydrogens (primary N) is 1. The molecule has 1 aliphatic carbocycles. The highest BCUT2D eigenvalue weighted by molar-refractivity contribution is 5.75. The first-order chi connectivity index (χ1) is 8.66. The van der Waals surface area contributed by atoms with Gasteiger partial charge in [-0.2, -0.15) is 0 Å². The lowest BCUT2D eigenvalue weighted by atomic mass is 10.0. The van der Waals surface area contributed by atoms with Gasteiger partial charge >= 0.3 is 6.03 Å². The minimum absolute atomic E-state index is 0.0802. The van der Waals surface area contributed by atoms with Gasteiger partial charge in [-0.25, -0.2) is 4.79 Å². The van der Waals surface area contributed by atoms with Crippen LogP contribution in [0.25, 0.3) is 0 Å². The molecule has 0 atom stereocenters. The van der Waals surface area contributed by atoms with Crippen molar-refractivity contribution in [3.8, 4) is 0 Å². The summed E-state index contributed by atoms with van der Waals surface area (Å²) in [6.07, 6.45) is 4.06. The lowest BCUT2D eigenvalue weighted by Crippen LogP contribution is -2.42. The molecule has 4 nitrogen and oxygen atoms in total. The number of rotatable bonds is 5. The molecule has 18 heavy (non-hydrogen) atoms.